The van der Waals surface area contributed by atoms with Crippen LogP contribution in [0, 0.1) is 5.82 Å². The van der Waals surface area contributed by atoms with Gasteiger partial charge in [0.15, 0.2) is 0 Å². The highest BCUT2D eigenvalue weighted by atomic mass is 35.5. The third-order valence-corrected chi connectivity index (χ3v) is 4.59. The highest BCUT2D eigenvalue weighted by Crippen LogP contribution is 2.30. The Morgan fingerprint density at radius 2 is 1.84 bits per heavy atom. The van der Waals surface area contributed by atoms with Gasteiger partial charge in [-0.1, -0.05) is 29.8 Å². The molecule has 10 heteroatoms. The molecular formula is C21H23ClFN7O. The molecule has 2 N–H and O–H groups in total. The lowest BCUT2D eigenvalue weighted by molar-refractivity contribution is 0.417. The molecule has 3 rings (SSSR count). The van der Waals surface area contributed by atoms with Gasteiger partial charge in [0.25, 0.3) is 0 Å². The Bertz CT molecular complexity index is 1060. The van der Waals surface area contributed by atoms with E-state index in [-0.39, 0.29) is 17.7 Å². The molecule has 31 heavy (non-hydrogen) atoms. The summed E-state index contributed by atoms with van der Waals surface area (Å²) in [7, 11) is 1.56. The molecule has 0 aliphatic carbocycles. The Balaban J connectivity index is 1.91. The zero-order valence-corrected chi connectivity index (χ0v) is 18.2. The van der Waals surface area contributed by atoms with Crippen molar-refractivity contribution < 1.29 is 9.13 Å². The molecule has 0 radical (unpaired) electrons. The topological polar surface area (TPSA) is 87.6 Å². The van der Waals surface area contributed by atoms with Gasteiger partial charge in [0, 0.05) is 23.7 Å². The molecule has 0 atom stereocenters. The molecule has 2 aromatic carbocycles. The molecule has 0 aliphatic rings. The summed E-state index contributed by atoms with van der Waals surface area (Å²) in [4.78, 5) is 15.2. The number of rotatable bonds is 9. The molecule has 0 spiro atoms. The second-order valence-electron chi connectivity index (χ2n) is 6.32. The van der Waals surface area contributed by atoms with Crippen molar-refractivity contribution in [3.05, 3.63) is 58.9 Å². The van der Waals surface area contributed by atoms with Crippen LogP contribution in [-0.4, -0.2) is 41.4 Å². The number of hydrazone groups is 1. The number of halogens is 2. The van der Waals surface area contributed by atoms with Gasteiger partial charge in [0.05, 0.1) is 19.0 Å². The van der Waals surface area contributed by atoms with Gasteiger partial charge in [-0.3, -0.25) is 0 Å². The lowest BCUT2D eigenvalue weighted by atomic mass is 10.2. The van der Waals surface area contributed by atoms with Crippen molar-refractivity contribution >= 4 is 41.3 Å². The monoisotopic (exact) mass is 443 g/mol. The van der Waals surface area contributed by atoms with Crippen LogP contribution < -0.4 is 20.4 Å². The van der Waals surface area contributed by atoms with Gasteiger partial charge >= 0.3 is 0 Å². The van der Waals surface area contributed by atoms with Crippen LogP contribution in [0.2, 0.25) is 5.02 Å². The van der Waals surface area contributed by atoms with Crippen molar-refractivity contribution in [2.24, 2.45) is 5.10 Å². The fourth-order valence-corrected chi connectivity index (χ4v) is 2.93. The van der Waals surface area contributed by atoms with E-state index in [4.69, 9.17) is 16.3 Å². The molecule has 0 bridgehead atoms. The van der Waals surface area contributed by atoms with Crippen LogP contribution in [0.3, 0.4) is 0 Å². The summed E-state index contributed by atoms with van der Waals surface area (Å²) in [6, 6.07) is 11.5. The van der Waals surface area contributed by atoms with Crippen LogP contribution in [0.4, 0.5) is 27.9 Å². The first-order valence-electron chi connectivity index (χ1n) is 9.69. The van der Waals surface area contributed by atoms with Gasteiger partial charge in [-0.05, 0) is 38.1 Å². The fourth-order valence-electron chi connectivity index (χ4n) is 2.76. The molecule has 0 unspecified atom stereocenters. The predicted molar refractivity (Wildman–Crippen MR) is 122 cm³/mol. The van der Waals surface area contributed by atoms with E-state index in [1.807, 2.05) is 18.7 Å². The minimum Gasteiger partial charge on any atom is -0.495 e. The Morgan fingerprint density at radius 1 is 1.10 bits per heavy atom. The van der Waals surface area contributed by atoms with Crippen molar-refractivity contribution in [3.63, 3.8) is 0 Å². The number of aromatic nitrogens is 3. The minimum absolute atomic E-state index is 0.202. The molecule has 0 saturated carbocycles. The second kappa shape index (κ2) is 10.5. The molecule has 0 amide bonds. The highest BCUT2D eigenvalue weighted by molar-refractivity contribution is 6.31. The van der Waals surface area contributed by atoms with Crippen LogP contribution in [0.5, 0.6) is 5.75 Å². The summed E-state index contributed by atoms with van der Waals surface area (Å²) in [6.45, 7) is 5.42. The molecule has 8 nitrogen and oxygen atoms in total. The Labute approximate surface area is 185 Å². The van der Waals surface area contributed by atoms with E-state index in [1.54, 1.807) is 43.5 Å². The first-order valence-corrected chi connectivity index (χ1v) is 10.1. The lowest BCUT2D eigenvalue weighted by Gasteiger charge is -2.19. The molecule has 162 valence electrons. The summed E-state index contributed by atoms with van der Waals surface area (Å²) in [5.74, 6) is 1.16. The van der Waals surface area contributed by atoms with Crippen molar-refractivity contribution in [3.8, 4) is 5.75 Å². The quantitative estimate of drug-likeness (QED) is 0.366. The summed E-state index contributed by atoms with van der Waals surface area (Å²) in [5.41, 5.74) is 3.69. The van der Waals surface area contributed by atoms with Gasteiger partial charge in [0.1, 0.15) is 11.6 Å². The van der Waals surface area contributed by atoms with Crippen LogP contribution in [0.15, 0.2) is 47.6 Å². The summed E-state index contributed by atoms with van der Waals surface area (Å²) >= 11 is 6.12. The summed E-state index contributed by atoms with van der Waals surface area (Å²) in [6.07, 6.45) is 1.36. The molecule has 1 heterocycles. The maximum absolute atomic E-state index is 13.8. The molecule has 0 fully saturated rings. The first kappa shape index (κ1) is 22.2. The first-order chi connectivity index (χ1) is 15.0. The zero-order chi connectivity index (χ0) is 22.2. The molecule has 0 aliphatic heterocycles. The molecule has 0 saturated heterocycles. The smallest absolute Gasteiger partial charge is 0.250 e. The molecule has 1 aromatic heterocycles. The number of methoxy groups -OCH3 is 1. The van der Waals surface area contributed by atoms with E-state index in [1.165, 1.54) is 12.3 Å². The number of hydrogen-bond acceptors (Lipinski definition) is 8. The van der Waals surface area contributed by atoms with Crippen LogP contribution in [-0.2, 0) is 0 Å². The maximum atomic E-state index is 13.8. The van der Waals surface area contributed by atoms with Crippen molar-refractivity contribution in [2.75, 3.05) is 35.8 Å². The second-order valence-corrected chi connectivity index (χ2v) is 6.75. The largest absolute Gasteiger partial charge is 0.495 e. The van der Waals surface area contributed by atoms with Crippen molar-refractivity contribution in [1.29, 1.82) is 0 Å². The van der Waals surface area contributed by atoms with Crippen molar-refractivity contribution in [1.82, 2.24) is 15.0 Å². The van der Waals surface area contributed by atoms with E-state index in [0.29, 0.717) is 41.1 Å². The normalized spacial score (nSPS) is 10.9. The van der Waals surface area contributed by atoms with E-state index in [0.717, 1.165) is 0 Å². The lowest BCUT2D eigenvalue weighted by Crippen LogP contribution is -2.25. The Kier molecular flexibility index (Phi) is 7.55. The Hall–Kier alpha value is -3.46. The van der Waals surface area contributed by atoms with Gasteiger partial charge in [-0.2, -0.15) is 20.1 Å². The summed E-state index contributed by atoms with van der Waals surface area (Å²) < 4.78 is 19.2. The van der Waals surface area contributed by atoms with E-state index in [9.17, 15) is 4.39 Å². The zero-order valence-electron chi connectivity index (χ0n) is 17.4. The number of ether oxygens (including phenoxy) is 1. The fraction of sp³-hybridized carbons (Fsp3) is 0.238. The molecular weight excluding hydrogens is 421 g/mol. The average molecular weight is 444 g/mol. The van der Waals surface area contributed by atoms with Crippen LogP contribution in [0.1, 0.15) is 19.4 Å². The predicted octanol–water partition coefficient (Wildman–Crippen LogP) is 4.71. The number of nitrogens with one attached hydrogen (secondary N) is 2. The average Bonchev–Trinajstić information content (AvgIpc) is 2.76. The third-order valence-electron chi connectivity index (χ3n) is 4.35. The number of anilines is 4. The number of hydrogen-bond donors (Lipinski definition) is 2. The minimum atomic E-state index is -0.372. The number of nitrogens with zero attached hydrogens (tertiary/aromatic N) is 5. The van der Waals surface area contributed by atoms with E-state index in [2.05, 4.69) is 30.8 Å². The van der Waals surface area contributed by atoms with Gasteiger partial charge < -0.3 is 15.0 Å². The standard InChI is InChI=1S/C21H23ClFN7O/c1-4-30(5-2)21-27-19(25-17-12-15(22)10-11-18(17)31-3)26-20(28-21)29-24-13-14-8-6-7-9-16(14)23/h6-13H,4-5H2,1-3H3,(H2,25,26,27,28,29). The maximum Gasteiger partial charge on any atom is 0.250 e. The number of benzene rings is 2. The highest BCUT2D eigenvalue weighted by Gasteiger charge is 2.13. The van der Waals surface area contributed by atoms with Gasteiger partial charge in [0.2, 0.25) is 17.8 Å². The van der Waals surface area contributed by atoms with Crippen LogP contribution in [0.25, 0.3) is 0 Å². The van der Waals surface area contributed by atoms with Gasteiger partial charge in [-0.25, -0.2) is 9.82 Å². The van der Waals surface area contributed by atoms with Crippen molar-refractivity contribution in [2.45, 2.75) is 13.8 Å². The summed E-state index contributed by atoms with van der Waals surface area (Å²) in [5, 5.41) is 7.71. The SMILES string of the molecule is CCN(CC)c1nc(NN=Cc2ccccc2F)nc(Nc2cc(Cl)ccc2OC)n1. The van der Waals surface area contributed by atoms with E-state index < -0.39 is 0 Å². The third kappa shape index (κ3) is 5.79. The van der Waals surface area contributed by atoms with Gasteiger partial charge in [-0.15, -0.1) is 0 Å². The van der Waals surface area contributed by atoms with E-state index >= 15 is 0 Å². The molecule has 3 aromatic rings. The Morgan fingerprint density at radius 3 is 2.55 bits per heavy atom. The van der Waals surface area contributed by atoms with Crippen LogP contribution >= 0.6 is 11.6 Å².